The van der Waals surface area contributed by atoms with Crippen molar-refractivity contribution in [2.24, 2.45) is 0 Å². The van der Waals surface area contributed by atoms with E-state index in [0.29, 0.717) is 35.6 Å². The van der Waals surface area contributed by atoms with Gasteiger partial charge in [0.2, 0.25) is 11.7 Å². The number of hydrogen-bond acceptors (Lipinski definition) is 7. The number of carbonyl (C=O) groups excluding carboxylic acids is 1. The van der Waals surface area contributed by atoms with Gasteiger partial charge in [-0.1, -0.05) is 0 Å². The SMILES string of the molecule is CC(=O)Nc1cc2c(cn1)c(N1CC(OC(C)C)C1)nn2-c1ccnc(C(C)(F)F)n1. The third-order valence-corrected chi connectivity index (χ3v) is 4.71. The van der Waals surface area contributed by atoms with Crippen molar-refractivity contribution in [3.05, 3.63) is 30.4 Å². The van der Waals surface area contributed by atoms with Crippen molar-refractivity contribution in [3.8, 4) is 5.82 Å². The number of anilines is 2. The summed E-state index contributed by atoms with van der Waals surface area (Å²) in [4.78, 5) is 25.5. The van der Waals surface area contributed by atoms with Gasteiger partial charge < -0.3 is 15.0 Å². The van der Waals surface area contributed by atoms with Crippen LogP contribution in [0.15, 0.2) is 24.5 Å². The lowest BCUT2D eigenvalue weighted by Crippen LogP contribution is -2.53. The molecule has 11 heteroatoms. The number of fused-ring (bicyclic) bond motifs is 1. The Hall–Kier alpha value is -3.21. The topological polar surface area (TPSA) is 98.1 Å². The monoisotopic (exact) mass is 431 g/mol. The molecule has 1 saturated heterocycles. The van der Waals surface area contributed by atoms with E-state index < -0.39 is 11.7 Å². The number of hydrogen-bond donors (Lipinski definition) is 1. The molecule has 1 aliphatic heterocycles. The van der Waals surface area contributed by atoms with Crippen LogP contribution in [-0.2, 0) is 15.5 Å². The maximum absolute atomic E-state index is 13.8. The third-order valence-electron chi connectivity index (χ3n) is 4.71. The van der Waals surface area contributed by atoms with Gasteiger partial charge in [-0.25, -0.2) is 19.6 Å². The predicted octanol–water partition coefficient (Wildman–Crippen LogP) is 2.89. The number of nitrogens with one attached hydrogen (secondary N) is 1. The van der Waals surface area contributed by atoms with E-state index in [1.807, 2.05) is 18.7 Å². The standard InChI is InChI=1S/C20H23F2N7O2/c1-11(2)31-13-9-28(10-13)18-14-8-24-16(25-12(3)30)7-15(14)29(27-18)17-5-6-23-19(26-17)20(4,21)22/h5-8,11,13H,9-10H2,1-4H3,(H,24,25,30). The molecule has 31 heavy (non-hydrogen) atoms. The van der Waals surface area contributed by atoms with Gasteiger partial charge >= 0.3 is 5.92 Å². The second kappa shape index (κ2) is 7.80. The molecule has 3 aromatic rings. The van der Waals surface area contributed by atoms with Crippen molar-refractivity contribution >= 4 is 28.4 Å². The van der Waals surface area contributed by atoms with Gasteiger partial charge in [0.1, 0.15) is 5.82 Å². The summed E-state index contributed by atoms with van der Waals surface area (Å²) in [6.07, 6.45) is 3.09. The molecule has 1 aliphatic rings. The summed E-state index contributed by atoms with van der Waals surface area (Å²) in [7, 11) is 0. The zero-order valence-corrected chi connectivity index (χ0v) is 17.6. The van der Waals surface area contributed by atoms with Gasteiger partial charge in [-0.15, -0.1) is 5.10 Å². The fourth-order valence-corrected chi connectivity index (χ4v) is 3.41. The lowest BCUT2D eigenvalue weighted by Gasteiger charge is -2.40. The first-order chi connectivity index (χ1) is 14.6. The van der Waals surface area contributed by atoms with E-state index in [2.05, 4.69) is 25.4 Å². The van der Waals surface area contributed by atoms with Crippen LogP contribution < -0.4 is 10.2 Å². The van der Waals surface area contributed by atoms with E-state index in [-0.39, 0.29) is 23.9 Å². The van der Waals surface area contributed by atoms with Crippen LogP contribution in [0.1, 0.15) is 33.5 Å². The zero-order valence-electron chi connectivity index (χ0n) is 17.6. The number of halogens is 2. The summed E-state index contributed by atoms with van der Waals surface area (Å²) >= 11 is 0. The largest absolute Gasteiger partial charge is 0.372 e. The predicted molar refractivity (Wildman–Crippen MR) is 111 cm³/mol. The molecule has 0 aromatic carbocycles. The molecular formula is C20H23F2N7O2. The van der Waals surface area contributed by atoms with E-state index in [9.17, 15) is 13.6 Å². The summed E-state index contributed by atoms with van der Waals surface area (Å²) in [5.41, 5.74) is 0.575. The normalized spacial score (nSPS) is 14.9. The van der Waals surface area contributed by atoms with Crippen molar-refractivity contribution in [2.45, 2.75) is 45.8 Å². The number of pyridine rings is 1. The second-order valence-electron chi connectivity index (χ2n) is 7.84. The highest BCUT2D eigenvalue weighted by atomic mass is 19.3. The van der Waals surface area contributed by atoms with E-state index in [0.717, 1.165) is 6.92 Å². The quantitative estimate of drug-likeness (QED) is 0.641. The lowest BCUT2D eigenvalue weighted by atomic mass is 10.1. The molecule has 1 fully saturated rings. The first kappa shape index (κ1) is 21.0. The van der Waals surface area contributed by atoms with Crippen LogP contribution in [0.5, 0.6) is 0 Å². The first-order valence-electron chi connectivity index (χ1n) is 9.90. The molecule has 0 atom stereocenters. The van der Waals surface area contributed by atoms with Gasteiger partial charge in [-0.3, -0.25) is 4.79 Å². The number of rotatable bonds is 6. The number of nitrogens with zero attached hydrogens (tertiary/aromatic N) is 6. The van der Waals surface area contributed by atoms with Gasteiger partial charge in [-0.2, -0.15) is 8.78 Å². The molecule has 0 unspecified atom stereocenters. The van der Waals surface area contributed by atoms with Gasteiger partial charge in [0.05, 0.1) is 23.1 Å². The Kier molecular flexibility index (Phi) is 5.29. The second-order valence-corrected chi connectivity index (χ2v) is 7.84. The van der Waals surface area contributed by atoms with E-state index in [1.54, 1.807) is 12.3 Å². The average molecular weight is 431 g/mol. The van der Waals surface area contributed by atoms with Gasteiger partial charge in [-0.05, 0) is 13.8 Å². The van der Waals surface area contributed by atoms with Crippen LogP contribution in [0.3, 0.4) is 0 Å². The molecular weight excluding hydrogens is 408 g/mol. The molecule has 9 nitrogen and oxygen atoms in total. The maximum atomic E-state index is 13.8. The van der Waals surface area contributed by atoms with Crippen molar-refractivity contribution < 1.29 is 18.3 Å². The fraction of sp³-hybridized carbons (Fsp3) is 0.450. The van der Waals surface area contributed by atoms with Gasteiger partial charge in [0.25, 0.3) is 0 Å². The fourth-order valence-electron chi connectivity index (χ4n) is 3.41. The van der Waals surface area contributed by atoms with E-state index in [4.69, 9.17) is 4.74 Å². The van der Waals surface area contributed by atoms with Crippen LogP contribution in [0, 0.1) is 0 Å². The summed E-state index contributed by atoms with van der Waals surface area (Å²) in [6, 6.07) is 3.14. The third kappa shape index (κ3) is 4.31. The summed E-state index contributed by atoms with van der Waals surface area (Å²) < 4.78 is 34.8. The Balaban J connectivity index is 1.78. The van der Waals surface area contributed by atoms with Crippen LogP contribution in [-0.4, -0.2) is 55.9 Å². The van der Waals surface area contributed by atoms with Crippen LogP contribution in [0.25, 0.3) is 16.7 Å². The molecule has 164 valence electrons. The summed E-state index contributed by atoms with van der Waals surface area (Å²) in [5, 5.41) is 7.98. The Bertz CT molecular complexity index is 1120. The molecule has 3 aromatic heterocycles. The molecule has 1 N–H and O–H groups in total. The Labute approximate surface area is 177 Å². The van der Waals surface area contributed by atoms with Crippen molar-refractivity contribution in [1.29, 1.82) is 0 Å². The first-order valence-corrected chi connectivity index (χ1v) is 9.90. The molecule has 0 radical (unpaired) electrons. The molecule has 0 saturated carbocycles. The average Bonchev–Trinajstić information content (AvgIpc) is 3.01. The number of aromatic nitrogens is 5. The van der Waals surface area contributed by atoms with Gasteiger partial charge in [0, 0.05) is 51.5 Å². The number of alkyl halides is 2. The van der Waals surface area contributed by atoms with Crippen LogP contribution in [0.2, 0.25) is 0 Å². The van der Waals surface area contributed by atoms with Crippen molar-refractivity contribution in [1.82, 2.24) is 24.7 Å². The number of carbonyl (C=O) groups is 1. The molecule has 1 amide bonds. The van der Waals surface area contributed by atoms with E-state index in [1.165, 1.54) is 23.9 Å². The Morgan fingerprint density at radius 2 is 2.06 bits per heavy atom. The highest BCUT2D eigenvalue weighted by Gasteiger charge is 2.33. The molecule has 0 spiro atoms. The number of amides is 1. The molecule has 4 rings (SSSR count). The molecule has 4 heterocycles. The van der Waals surface area contributed by atoms with Crippen LogP contribution >= 0.6 is 0 Å². The summed E-state index contributed by atoms with van der Waals surface area (Å²) in [6.45, 7) is 7.39. The van der Waals surface area contributed by atoms with Crippen molar-refractivity contribution in [2.75, 3.05) is 23.3 Å². The molecule has 0 aliphatic carbocycles. The summed E-state index contributed by atoms with van der Waals surface area (Å²) in [5.74, 6) is -2.90. The Morgan fingerprint density at radius 1 is 1.32 bits per heavy atom. The zero-order chi connectivity index (χ0) is 22.3. The smallest absolute Gasteiger partial charge is 0.303 e. The minimum atomic E-state index is -3.19. The van der Waals surface area contributed by atoms with Crippen molar-refractivity contribution in [3.63, 3.8) is 0 Å². The molecule has 0 bridgehead atoms. The lowest BCUT2D eigenvalue weighted by molar-refractivity contribution is -0.114. The Morgan fingerprint density at radius 3 is 2.71 bits per heavy atom. The minimum absolute atomic E-state index is 0.0937. The van der Waals surface area contributed by atoms with Gasteiger partial charge in [0.15, 0.2) is 11.6 Å². The number of ether oxygens (including phenoxy) is 1. The highest BCUT2D eigenvalue weighted by molar-refractivity contribution is 5.95. The maximum Gasteiger partial charge on any atom is 0.303 e. The minimum Gasteiger partial charge on any atom is -0.372 e. The van der Waals surface area contributed by atoms with E-state index >= 15 is 0 Å². The highest BCUT2D eigenvalue weighted by Crippen LogP contribution is 2.33. The van der Waals surface area contributed by atoms with Crippen LogP contribution in [0.4, 0.5) is 20.4 Å².